The van der Waals surface area contributed by atoms with Gasteiger partial charge in [0.25, 0.3) is 6.33 Å². The van der Waals surface area contributed by atoms with Crippen LogP contribution in [0, 0.1) is 0 Å². The van der Waals surface area contributed by atoms with Gasteiger partial charge in [0, 0.05) is 13.1 Å². The zero-order valence-corrected chi connectivity index (χ0v) is 13.8. The molecular formula is C18H19F3N3O+. The van der Waals surface area contributed by atoms with Crippen LogP contribution in [-0.2, 0) is 7.05 Å². The molecule has 3 rings (SSSR count). The van der Waals surface area contributed by atoms with Gasteiger partial charge < -0.3 is 4.90 Å². The van der Waals surface area contributed by atoms with E-state index in [0.29, 0.717) is 5.57 Å². The molecule has 4 nitrogen and oxygen atoms in total. The van der Waals surface area contributed by atoms with Crippen molar-refractivity contribution in [2.75, 3.05) is 13.1 Å². The first-order valence-corrected chi connectivity index (χ1v) is 8.03. The van der Waals surface area contributed by atoms with Crippen molar-refractivity contribution in [1.82, 2.24) is 9.47 Å². The number of benzene rings is 1. The molecule has 0 saturated carbocycles. The van der Waals surface area contributed by atoms with Crippen molar-refractivity contribution in [2.24, 2.45) is 7.05 Å². The summed E-state index contributed by atoms with van der Waals surface area (Å²) in [5.41, 5.74) is -0.0180. The fourth-order valence-corrected chi connectivity index (χ4v) is 3.12. The average Bonchev–Trinajstić information content (AvgIpc) is 3.01. The Labute approximate surface area is 143 Å². The van der Waals surface area contributed by atoms with Crippen LogP contribution in [0.3, 0.4) is 0 Å². The minimum Gasteiger partial charge on any atom is -0.304 e. The maximum Gasteiger partial charge on any atom is 0.416 e. The molecule has 1 aliphatic heterocycles. The highest BCUT2D eigenvalue weighted by Gasteiger charge is 2.38. The van der Waals surface area contributed by atoms with Crippen LogP contribution in [-0.4, -0.2) is 34.8 Å². The van der Waals surface area contributed by atoms with E-state index in [1.807, 2.05) is 0 Å². The number of hydrogen-bond acceptors (Lipinski definition) is 1. The molecule has 2 aromatic rings. The Morgan fingerprint density at radius 2 is 1.76 bits per heavy atom. The van der Waals surface area contributed by atoms with Crippen LogP contribution in [0.4, 0.5) is 18.0 Å². The van der Waals surface area contributed by atoms with E-state index < -0.39 is 11.7 Å². The normalized spacial score (nSPS) is 15.4. The van der Waals surface area contributed by atoms with Crippen molar-refractivity contribution >= 4 is 11.6 Å². The molecule has 0 atom stereocenters. The third kappa shape index (κ3) is 3.75. The highest BCUT2D eigenvalue weighted by molar-refractivity contribution is 5.77. The number of likely N-dealkylation sites (tertiary alicyclic amines) is 1. The predicted molar refractivity (Wildman–Crippen MR) is 86.6 cm³/mol. The molecule has 1 saturated heterocycles. The summed E-state index contributed by atoms with van der Waals surface area (Å²) < 4.78 is 43.9. The van der Waals surface area contributed by atoms with E-state index in [1.165, 1.54) is 16.7 Å². The van der Waals surface area contributed by atoms with Gasteiger partial charge in [-0.25, -0.2) is 9.36 Å². The Hall–Kier alpha value is -2.57. The smallest absolute Gasteiger partial charge is 0.304 e. The zero-order valence-electron chi connectivity index (χ0n) is 13.8. The standard InChI is InChI=1S/C18H19F3N3O/c1-22-11-12-24(13-22)17(25)23-9-7-15(8-10-23)16(18(19,20)21)14-5-3-2-4-6-14/h2-6,11-13H,7-10H2,1H3/q+1. The molecule has 0 spiro atoms. The zero-order chi connectivity index (χ0) is 18.0. The summed E-state index contributed by atoms with van der Waals surface area (Å²) in [6.07, 6.45) is 1.06. The largest absolute Gasteiger partial charge is 0.416 e. The van der Waals surface area contributed by atoms with Crippen LogP contribution < -0.4 is 4.57 Å². The van der Waals surface area contributed by atoms with Crippen molar-refractivity contribution in [2.45, 2.75) is 19.0 Å². The van der Waals surface area contributed by atoms with Crippen LogP contribution in [0.2, 0.25) is 0 Å². The summed E-state index contributed by atoms with van der Waals surface area (Å²) in [5, 5.41) is 0. The average molecular weight is 350 g/mol. The van der Waals surface area contributed by atoms with Crippen LogP contribution in [0.15, 0.2) is 54.6 Å². The Balaban J connectivity index is 1.81. The number of nitrogens with zero attached hydrogens (tertiary/aromatic N) is 3. The van der Waals surface area contributed by atoms with Gasteiger partial charge in [-0.3, -0.25) is 0 Å². The minimum atomic E-state index is -4.41. The summed E-state index contributed by atoms with van der Waals surface area (Å²) in [6.45, 7) is 0.560. The van der Waals surface area contributed by atoms with Crippen molar-refractivity contribution in [3.63, 3.8) is 0 Å². The molecule has 0 unspecified atom stereocenters. The fraction of sp³-hybridized carbons (Fsp3) is 0.333. The van der Waals surface area contributed by atoms with Gasteiger partial charge in [0.15, 0.2) is 0 Å². The minimum absolute atomic E-state index is 0.183. The van der Waals surface area contributed by atoms with Crippen LogP contribution >= 0.6 is 0 Å². The molecular weight excluding hydrogens is 331 g/mol. The van der Waals surface area contributed by atoms with Crippen LogP contribution in [0.25, 0.3) is 5.57 Å². The molecule has 1 aromatic heterocycles. The predicted octanol–water partition coefficient (Wildman–Crippen LogP) is 3.39. The summed E-state index contributed by atoms with van der Waals surface area (Å²) in [5.74, 6) is 0. The number of amides is 1. The van der Waals surface area contributed by atoms with E-state index >= 15 is 0 Å². The number of carbonyl (C=O) groups excluding carboxylic acids is 1. The third-order valence-corrected chi connectivity index (χ3v) is 4.33. The van der Waals surface area contributed by atoms with Gasteiger partial charge in [0.05, 0.1) is 12.6 Å². The second-order valence-electron chi connectivity index (χ2n) is 6.10. The number of allylic oxidation sites excluding steroid dienone is 1. The molecule has 1 aromatic carbocycles. The van der Waals surface area contributed by atoms with E-state index in [4.69, 9.17) is 0 Å². The number of rotatable bonds is 1. The van der Waals surface area contributed by atoms with E-state index in [2.05, 4.69) is 0 Å². The SMILES string of the molecule is C[n+]1ccn(C(=O)N2CCC(=C(c3ccccc3)C(F)(F)F)CC2)c1. The molecule has 1 amide bonds. The lowest BCUT2D eigenvalue weighted by Crippen LogP contribution is -2.40. The highest BCUT2D eigenvalue weighted by atomic mass is 19.4. The van der Waals surface area contributed by atoms with Crippen molar-refractivity contribution in [3.05, 3.63) is 60.2 Å². The van der Waals surface area contributed by atoms with Crippen molar-refractivity contribution in [1.29, 1.82) is 0 Å². The van der Waals surface area contributed by atoms with E-state index in [0.717, 1.165) is 0 Å². The summed E-state index contributed by atoms with van der Waals surface area (Å²) in [6, 6.07) is 7.65. The lowest BCUT2D eigenvalue weighted by molar-refractivity contribution is -0.670. The Kier molecular flexibility index (Phi) is 4.65. The molecule has 0 bridgehead atoms. The molecule has 2 heterocycles. The maximum absolute atomic E-state index is 13.6. The Bertz CT molecular complexity index is 783. The van der Waals surface area contributed by atoms with Gasteiger partial charge in [0.2, 0.25) is 0 Å². The van der Waals surface area contributed by atoms with Gasteiger partial charge in [-0.05, 0) is 18.4 Å². The van der Waals surface area contributed by atoms with Gasteiger partial charge in [0.1, 0.15) is 12.4 Å². The molecule has 1 fully saturated rings. The summed E-state index contributed by atoms with van der Waals surface area (Å²) >= 11 is 0. The number of hydrogen-bond donors (Lipinski definition) is 0. The topological polar surface area (TPSA) is 29.1 Å². The van der Waals surface area contributed by atoms with Gasteiger partial charge >= 0.3 is 12.2 Å². The van der Waals surface area contributed by atoms with Gasteiger partial charge in [-0.2, -0.15) is 17.7 Å². The van der Waals surface area contributed by atoms with E-state index in [1.54, 1.807) is 53.4 Å². The van der Waals surface area contributed by atoms with Crippen LogP contribution in [0.5, 0.6) is 0 Å². The number of piperidine rings is 1. The second kappa shape index (κ2) is 6.74. The first-order valence-electron chi connectivity index (χ1n) is 8.03. The third-order valence-electron chi connectivity index (χ3n) is 4.33. The van der Waals surface area contributed by atoms with Gasteiger partial charge in [-0.15, -0.1) is 0 Å². The Morgan fingerprint density at radius 1 is 1.12 bits per heavy atom. The van der Waals surface area contributed by atoms with Crippen molar-refractivity contribution < 1.29 is 22.5 Å². The molecule has 0 aliphatic carbocycles. The quantitative estimate of drug-likeness (QED) is 0.725. The lowest BCUT2D eigenvalue weighted by atomic mass is 9.93. The first-order chi connectivity index (χ1) is 11.9. The summed E-state index contributed by atoms with van der Waals surface area (Å²) in [4.78, 5) is 14.0. The van der Waals surface area contributed by atoms with Crippen LogP contribution in [0.1, 0.15) is 18.4 Å². The number of halogens is 3. The molecule has 0 N–H and O–H groups in total. The maximum atomic E-state index is 13.6. The number of carbonyl (C=O) groups is 1. The number of imidazole rings is 1. The Morgan fingerprint density at radius 3 is 2.28 bits per heavy atom. The molecule has 1 aliphatic rings. The molecule has 25 heavy (non-hydrogen) atoms. The van der Waals surface area contributed by atoms with Crippen molar-refractivity contribution in [3.8, 4) is 0 Å². The second-order valence-corrected chi connectivity index (χ2v) is 6.10. The molecule has 0 radical (unpaired) electrons. The number of alkyl halides is 3. The lowest BCUT2D eigenvalue weighted by Gasteiger charge is -2.29. The first kappa shape index (κ1) is 17.3. The number of aryl methyl sites for hydroxylation is 1. The number of aromatic nitrogens is 2. The molecule has 7 heteroatoms. The van der Waals surface area contributed by atoms with E-state index in [-0.39, 0.29) is 37.5 Å². The summed E-state index contributed by atoms with van der Waals surface area (Å²) in [7, 11) is 1.80. The van der Waals surface area contributed by atoms with E-state index in [9.17, 15) is 18.0 Å². The highest BCUT2D eigenvalue weighted by Crippen LogP contribution is 2.39. The monoisotopic (exact) mass is 350 g/mol. The van der Waals surface area contributed by atoms with Gasteiger partial charge in [-0.1, -0.05) is 35.9 Å². The molecule has 132 valence electrons. The fourth-order valence-electron chi connectivity index (χ4n) is 3.12.